The van der Waals surface area contributed by atoms with Crippen molar-refractivity contribution in [2.24, 2.45) is 0 Å². The number of hydrogen-bond acceptors (Lipinski definition) is 5. The smallest absolute Gasteiger partial charge is 0.229 e. The van der Waals surface area contributed by atoms with Crippen molar-refractivity contribution in [3.05, 3.63) is 72.2 Å². The zero-order chi connectivity index (χ0) is 16.1. The first kappa shape index (κ1) is 14.8. The molecule has 23 heavy (non-hydrogen) atoms. The summed E-state index contributed by atoms with van der Waals surface area (Å²) in [6.07, 6.45) is 4.93. The maximum absolute atomic E-state index is 13.6. The topological polar surface area (TPSA) is 62.7 Å². The first-order chi connectivity index (χ1) is 11.2. The number of nitrogens with one attached hydrogen (secondary N) is 2. The summed E-state index contributed by atoms with van der Waals surface area (Å²) in [5.74, 6) is -0.780. The summed E-state index contributed by atoms with van der Waals surface area (Å²) < 4.78 is 27.3. The third-order valence-corrected chi connectivity index (χ3v) is 3.05. The summed E-state index contributed by atoms with van der Waals surface area (Å²) in [7, 11) is 0. The van der Waals surface area contributed by atoms with Gasteiger partial charge in [-0.25, -0.2) is 13.8 Å². The fourth-order valence-electron chi connectivity index (χ4n) is 1.94. The number of pyridine rings is 1. The van der Waals surface area contributed by atoms with Crippen molar-refractivity contribution >= 4 is 17.5 Å². The van der Waals surface area contributed by atoms with Crippen LogP contribution in [-0.4, -0.2) is 15.0 Å². The van der Waals surface area contributed by atoms with Crippen LogP contribution in [0.4, 0.5) is 26.2 Å². The molecule has 0 amide bonds. The molecule has 7 heteroatoms. The Kier molecular flexibility index (Phi) is 4.37. The van der Waals surface area contributed by atoms with E-state index in [1.807, 2.05) is 12.1 Å². The van der Waals surface area contributed by atoms with Crippen LogP contribution in [0.25, 0.3) is 0 Å². The average Bonchev–Trinajstić information content (AvgIpc) is 2.58. The molecule has 0 radical (unpaired) electrons. The molecule has 0 atom stereocenters. The fraction of sp³-hybridized carbons (Fsp3) is 0.0625. The molecule has 0 saturated carbocycles. The molecule has 116 valence electrons. The number of benzene rings is 1. The summed E-state index contributed by atoms with van der Waals surface area (Å²) in [6, 6.07) is 9.05. The van der Waals surface area contributed by atoms with Gasteiger partial charge in [-0.3, -0.25) is 4.98 Å². The Morgan fingerprint density at radius 1 is 0.957 bits per heavy atom. The minimum absolute atomic E-state index is 0.102. The molecule has 2 N–H and O–H groups in total. The third kappa shape index (κ3) is 3.76. The summed E-state index contributed by atoms with van der Waals surface area (Å²) in [5, 5.41) is 5.65. The van der Waals surface area contributed by atoms with Gasteiger partial charge in [0.15, 0.2) is 0 Å². The second kappa shape index (κ2) is 6.78. The molecule has 5 nitrogen and oxygen atoms in total. The van der Waals surface area contributed by atoms with E-state index in [1.165, 1.54) is 12.3 Å². The Labute approximate surface area is 131 Å². The van der Waals surface area contributed by atoms with E-state index in [2.05, 4.69) is 25.6 Å². The van der Waals surface area contributed by atoms with E-state index < -0.39 is 11.6 Å². The molecule has 0 unspecified atom stereocenters. The van der Waals surface area contributed by atoms with E-state index in [1.54, 1.807) is 18.5 Å². The molecule has 3 rings (SSSR count). The number of anilines is 3. The maximum atomic E-state index is 13.6. The molecular weight excluding hydrogens is 300 g/mol. The van der Waals surface area contributed by atoms with E-state index in [0.717, 1.165) is 17.7 Å². The van der Waals surface area contributed by atoms with Crippen LogP contribution in [0.2, 0.25) is 0 Å². The Balaban J connectivity index is 1.72. The van der Waals surface area contributed by atoms with Crippen LogP contribution in [0.5, 0.6) is 0 Å². The van der Waals surface area contributed by atoms with Crippen LogP contribution in [0.3, 0.4) is 0 Å². The fourth-order valence-corrected chi connectivity index (χ4v) is 1.94. The van der Waals surface area contributed by atoms with Gasteiger partial charge in [0.05, 0.1) is 0 Å². The second-order valence-corrected chi connectivity index (χ2v) is 4.70. The van der Waals surface area contributed by atoms with Gasteiger partial charge < -0.3 is 10.6 Å². The van der Waals surface area contributed by atoms with Crippen LogP contribution in [0.15, 0.2) is 55.0 Å². The van der Waals surface area contributed by atoms with Gasteiger partial charge in [0.2, 0.25) is 5.95 Å². The predicted molar refractivity (Wildman–Crippen MR) is 83.2 cm³/mol. The van der Waals surface area contributed by atoms with Crippen LogP contribution >= 0.6 is 0 Å². The zero-order valence-electron chi connectivity index (χ0n) is 12.0. The van der Waals surface area contributed by atoms with Crippen molar-refractivity contribution in [3.8, 4) is 0 Å². The molecule has 0 aliphatic rings. The lowest BCUT2D eigenvalue weighted by molar-refractivity contribution is 0.590. The summed E-state index contributed by atoms with van der Waals surface area (Å²) in [5.41, 5.74) is 0.706. The highest BCUT2D eigenvalue weighted by Gasteiger charge is 2.10. The molecule has 3 aromatic rings. The molecule has 0 bridgehead atoms. The van der Waals surface area contributed by atoms with Gasteiger partial charge in [-0.1, -0.05) is 12.1 Å². The Hall–Kier alpha value is -3.09. The van der Waals surface area contributed by atoms with Gasteiger partial charge in [0.25, 0.3) is 0 Å². The van der Waals surface area contributed by atoms with Crippen LogP contribution in [-0.2, 0) is 6.54 Å². The van der Waals surface area contributed by atoms with E-state index in [-0.39, 0.29) is 11.6 Å². The van der Waals surface area contributed by atoms with Gasteiger partial charge in [-0.15, -0.1) is 0 Å². The molecule has 0 aliphatic carbocycles. The maximum Gasteiger partial charge on any atom is 0.229 e. The highest BCUT2D eigenvalue weighted by molar-refractivity contribution is 5.56. The Morgan fingerprint density at radius 3 is 2.52 bits per heavy atom. The van der Waals surface area contributed by atoms with Crippen molar-refractivity contribution < 1.29 is 8.78 Å². The summed E-state index contributed by atoms with van der Waals surface area (Å²) >= 11 is 0. The molecule has 0 saturated heterocycles. The largest absolute Gasteiger partial charge is 0.366 e. The van der Waals surface area contributed by atoms with Crippen molar-refractivity contribution in [2.45, 2.75) is 6.54 Å². The minimum atomic E-state index is -0.706. The van der Waals surface area contributed by atoms with Gasteiger partial charge in [-0.05, 0) is 29.8 Å². The molecular formula is C16H13F2N5. The van der Waals surface area contributed by atoms with Gasteiger partial charge in [0, 0.05) is 25.1 Å². The third-order valence-electron chi connectivity index (χ3n) is 3.05. The number of rotatable bonds is 5. The zero-order valence-corrected chi connectivity index (χ0v) is 12.0. The van der Waals surface area contributed by atoms with Gasteiger partial charge in [0.1, 0.15) is 23.1 Å². The van der Waals surface area contributed by atoms with E-state index >= 15 is 0 Å². The van der Waals surface area contributed by atoms with Crippen molar-refractivity contribution in [2.75, 3.05) is 10.6 Å². The summed E-state index contributed by atoms with van der Waals surface area (Å²) in [6.45, 7) is 0.526. The Bertz CT molecular complexity index is 775. The van der Waals surface area contributed by atoms with Crippen LogP contribution in [0.1, 0.15) is 5.56 Å². The normalized spacial score (nSPS) is 10.3. The lowest BCUT2D eigenvalue weighted by Crippen LogP contribution is -2.05. The number of halogens is 2. The number of hydrogen-bond donors (Lipinski definition) is 2. The van der Waals surface area contributed by atoms with E-state index in [4.69, 9.17) is 0 Å². The molecule has 0 fully saturated rings. The second-order valence-electron chi connectivity index (χ2n) is 4.70. The first-order valence-corrected chi connectivity index (χ1v) is 6.89. The lowest BCUT2D eigenvalue weighted by atomic mass is 10.3. The predicted octanol–water partition coefficient (Wildman–Crippen LogP) is 3.51. The van der Waals surface area contributed by atoms with Gasteiger partial charge >= 0.3 is 0 Å². The molecule has 0 spiro atoms. The highest BCUT2D eigenvalue weighted by atomic mass is 19.1. The monoisotopic (exact) mass is 313 g/mol. The Morgan fingerprint density at radius 2 is 1.78 bits per heavy atom. The van der Waals surface area contributed by atoms with Crippen molar-refractivity contribution in [1.29, 1.82) is 0 Å². The molecule has 2 heterocycles. The van der Waals surface area contributed by atoms with Crippen LogP contribution in [0, 0.1) is 11.6 Å². The summed E-state index contributed by atoms with van der Waals surface area (Å²) in [4.78, 5) is 12.2. The van der Waals surface area contributed by atoms with E-state index in [0.29, 0.717) is 12.4 Å². The SMILES string of the molecule is Fc1cccc(F)c1Nc1nccc(NCc2cccnc2)n1. The van der Waals surface area contributed by atoms with Gasteiger partial charge in [-0.2, -0.15) is 4.98 Å². The molecule has 2 aromatic heterocycles. The molecule has 0 aliphatic heterocycles. The highest BCUT2D eigenvalue weighted by Crippen LogP contribution is 2.21. The number of nitrogens with zero attached hydrogens (tertiary/aromatic N) is 3. The van der Waals surface area contributed by atoms with Crippen molar-refractivity contribution in [1.82, 2.24) is 15.0 Å². The minimum Gasteiger partial charge on any atom is -0.366 e. The van der Waals surface area contributed by atoms with E-state index in [9.17, 15) is 8.78 Å². The average molecular weight is 313 g/mol. The van der Waals surface area contributed by atoms with Crippen molar-refractivity contribution in [3.63, 3.8) is 0 Å². The first-order valence-electron chi connectivity index (χ1n) is 6.89. The quantitative estimate of drug-likeness (QED) is 0.755. The number of para-hydroxylation sites is 1. The van der Waals surface area contributed by atoms with Crippen LogP contribution < -0.4 is 10.6 Å². The standard InChI is InChI=1S/C16H13F2N5/c17-12-4-1-5-13(18)15(12)23-16-20-8-6-14(22-16)21-10-11-3-2-7-19-9-11/h1-9H,10H2,(H2,20,21,22,23). The lowest BCUT2D eigenvalue weighted by Gasteiger charge is -2.09. The number of aromatic nitrogens is 3. The molecule has 1 aromatic carbocycles.